The summed E-state index contributed by atoms with van der Waals surface area (Å²) >= 11 is 3.18. The van der Waals surface area contributed by atoms with Gasteiger partial charge in [-0.15, -0.1) is 11.3 Å². The highest BCUT2D eigenvalue weighted by Crippen LogP contribution is 2.28. The number of aromatic nitrogens is 4. The molecule has 4 rings (SSSR count). The topological polar surface area (TPSA) is 64.7 Å². The Kier molecular flexibility index (Phi) is 3.80. The summed E-state index contributed by atoms with van der Waals surface area (Å²) in [6.07, 6.45) is 0. The van der Waals surface area contributed by atoms with Gasteiger partial charge in [-0.05, 0) is 24.4 Å². The van der Waals surface area contributed by atoms with Gasteiger partial charge in [-0.25, -0.2) is 9.97 Å². The van der Waals surface area contributed by atoms with Crippen LogP contribution in [0.3, 0.4) is 0 Å². The van der Waals surface area contributed by atoms with Gasteiger partial charge < -0.3 is 4.52 Å². The predicted octanol–water partition coefficient (Wildman–Crippen LogP) is 4.34. The first-order valence-electron chi connectivity index (χ1n) is 7.02. The molecule has 0 amide bonds. The minimum absolute atomic E-state index is 0.582. The molecule has 3 heterocycles. The summed E-state index contributed by atoms with van der Waals surface area (Å²) in [6, 6.07) is 12.0. The third-order valence-electron chi connectivity index (χ3n) is 3.22. The summed E-state index contributed by atoms with van der Waals surface area (Å²) < 4.78 is 5.33. The van der Waals surface area contributed by atoms with Crippen molar-refractivity contribution in [3.63, 3.8) is 0 Å². The molecular formula is C16H12N4OS2. The van der Waals surface area contributed by atoms with Crippen LogP contribution in [-0.2, 0) is 5.75 Å². The molecule has 3 aromatic heterocycles. The number of thioether (sulfide) groups is 1. The van der Waals surface area contributed by atoms with Crippen molar-refractivity contribution in [2.45, 2.75) is 17.7 Å². The van der Waals surface area contributed by atoms with E-state index >= 15 is 0 Å². The number of thiophene rings is 1. The molecule has 0 bridgehead atoms. The van der Waals surface area contributed by atoms with Gasteiger partial charge in [0.05, 0.1) is 16.1 Å². The lowest BCUT2D eigenvalue weighted by molar-refractivity contribution is 0.392. The molecule has 1 aromatic carbocycles. The summed E-state index contributed by atoms with van der Waals surface area (Å²) in [7, 11) is 0. The number of hydrogen-bond acceptors (Lipinski definition) is 7. The first-order chi connectivity index (χ1) is 11.3. The van der Waals surface area contributed by atoms with E-state index in [-0.39, 0.29) is 0 Å². The highest BCUT2D eigenvalue weighted by atomic mass is 32.2. The van der Waals surface area contributed by atoms with Crippen LogP contribution in [0.25, 0.3) is 21.6 Å². The molecule has 114 valence electrons. The lowest BCUT2D eigenvalue weighted by Crippen LogP contribution is -1.93. The maximum atomic E-state index is 5.33. The fourth-order valence-corrected chi connectivity index (χ4v) is 3.77. The zero-order chi connectivity index (χ0) is 15.6. The van der Waals surface area contributed by atoms with Crippen molar-refractivity contribution in [1.82, 2.24) is 20.1 Å². The lowest BCUT2D eigenvalue weighted by Gasteiger charge is -2.04. The van der Waals surface area contributed by atoms with Gasteiger partial charge >= 0.3 is 0 Å². The summed E-state index contributed by atoms with van der Waals surface area (Å²) in [4.78, 5) is 14.4. The highest BCUT2D eigenvalue weighted by molar-refractivity contribution is 7.98. The van der Waals surface area contributed by atoms with Crippen LogP contribution < -0.4 is 0 Å². The second kappa shape index (κ2) is 6.10. The van der Waals surface area contributed by atoms with E-state index in [4.69, 9.17) is 4.52 Å². The Morgan fingerprint density at radius 3 is 2.87 bits per heavy atom. The number of hydrogen-bond donors (Lipinski definition) is 0. The minimum Gasteiger partial charge on any atom is -0.338 e. The predicted molar refractivity (Wildman–Crippen MR) is 91.4 cm³/mol. The Balaban J connectivity index is 1.58. The van der Waals surface area contributed by atoms with E-state index in [1.54, 1.807) is 23.1 Å². The molecule has 7 heteroatoms. The average molecular weight is 340 g/mol. The second-order valence-corrected chi connectivity index (χ2v) is 6.78. The molecule has 5 nitrogen and oxygen atoms in total. The number of para-hydroxylation sites is 1. The largest absolute Gasteiger partial charge is 0.338 e. The van der Waals surface area contributed by atoms with Crippen molar-refractivity contribution in [3.05, 3.63) is 53.5 Å². The van der Waals surface area contributed by atoms with Crippen LogP contribution in [0, 0.1) is 6.92 Å². The molecule has 0 saturated carbocycles. The number of aryl methyl sites for hydroxylation is 1. The molecule has 0 saturated heterocycles. The van der Waals surface area contributed by atoms with Crippen LogP contribution in [0.1, 0.15) is 11.7 Å². The van der Waals surface area contributed by atoms with E-state index in [1.807, 2.05) is 48.7 Å². The third kappa shape index (κ3) is 2.97. The maximum Gasteiger partial charge on any atom is 0.237 e. The summed E-state index contributed by atoms with van der Waals surface area (Å²) in [6.45, 7) is 1.90. The van der Waals surface area contributed by atoms with E-state index in [0.29, 0.717) is 17.5 Å². The first-order valence-corrected chi connectivity index (χ1v) is 8.89. The minimum atomic E-state index is 0.582. The molecule has 0 spiro atoms. The molecule has 0 aliphatic carbocycles. The van der Waals surface area contributed by atoms with Crippen LogP contribution in [-0.4, -0.2) is 20.1 Å². The maximum absolute atomic E-state index is 5.33. The van der Waals surface area contributed by atoms with Gasteiger partial charge in [0.2, 0.25) is 11.7 Å². The van der Waals surface area contributed by atoms with Crippen LogP contribution in [0.5, 0.6) is 0 Å². The van der Waals surface area contributed by atoms with E-state index in [1.165, 1.54) is 0 Å². The van der Waals surface area contributed by atoms with Gasteiger partial charge in [-0.1, -0.05) is 41.2 Å². The third-order valence-corrected chi connectivity index (χ3v) is 5.06. The molecule has 23 heavy (non-hydrogen) atoms. The van der Waals surface area contributed by atoms with Gasteiger partial charge in [0, 0.05) is 5.39 Å². The molecular weight excluding hydrogens is 328 g/mol. The molecule has 4 aromatic rings. The quantitative estimate of drug-likeness (QED) is 0.407. The van der Waals surface area contributed by atoms with Gasteiger partial charge in [-0.2, -0.15) is 4.98 Å². The lowest BCUT2D eigenvalue weighted by atomic mass is 10.2. The van der Waals surface area contributed by atoms with Crippen LogP contribution in [0.2, 0.25) is 0 Å². The Hall–Kier alpha value is -2.25. The molecule has 0 unspecified atom stereocenters. The van der Waals surface area contributed by atoms with Crippen molar-refractivity contribution in [2.24, 2.45) is 0 Å². The standard InChI is InChI=1S/C16H12N4OS2/c1-10-17-12-6-3-2-5-11(12)16(18-10)23-9-14-19-15(20-21-14)13-7-4-8-22-13/h2-8H,9H2,1H3. The smallest absolute Gasteiger partial charge is 0.237 e. The second-order valence-electron chi connectivity index (χ2n) is 4.87. The van der Waals surface area contributed by atoms with E-state index < -0.39 is 0 Å². The van der Waals surface area contributed by atoms with Gasteiger partial charge in [0.25, 0.3) is 0 Å². The first kappa shape index (κ1) is 14.3. The van der Waals surface area contributed by atoms with E-state index in [9.17, 15) is 0 Å². The molecule has 0 atom stereocenters. The molecule has 0 aliphatic rings. The number of rotatable bonds is 4. The van der Waals surface area contributed by atoms with Crippen LogP contribution in [0.4, 0.5) is 0 Å². The highest BCUT2D eigenvalue weighted by Gasteiger charge is 2.12. The molecule has 0 N–H and O–H groups in total. The fraction of sp³-hybridized carbons (Fsp3) is 0.125. The summed E-state index contributed by atoms with van der Waals surface area (Å²) in [5.74, 6) is 2.58. The normalized spacial score (nSPS) is 11.2. The van der Waals surface area contributed by atoms with Gasteiger partial charge in [0.15, 0.2) is 0 Å². The van der Waals surface area contributed by atoms with Gasteiger partial charge in [0.1, 0.15) is 10.9 Å². The van der Waals surface area contributed by atoms with Crippen molar-refractivity contribution in [2.75, 3.05) is 0 Å². The van der Waals surface area contributed by atoms with Crippen molar-refractivity contribution >= 4 is 34.0 Å². The zero-order valence-corrected chi connectivity index (χ0v) is 13.9. The Morgan fingerprint density at radius 2 is 2.00 bits per heavy atom. The Labute approximate surface area is 140 Å². The number of nitrogens with zero attached hydrogens (tertiary/aromatic N) is 4. The number of benzene rings is 1. The SMILES string of the molecule is Cc1nc(SCc2nc(-c3cccs3)no2)c2ccccc2n1. The van der Waals surface area contributed by atoms with E-state index in [2.05, 4.69) is 20.1 Å². The average Bonchev–Trinajstić information content (AvgIpc) is 3.23. The van der Waals surface area contributed by atoms with Crippen molar-refractivity contribution < 1.29 is 4.52 Å². The van der Waals surface area contributed by atoms with Crippen molar-refractivity contribution in [3.8, 4) is 10.7 Å². The molecule has 0 aliphatic heterocycles. The van der Waals surface area contributed by atoms with Crippen molar-refractivity contribution in [1.29, 1.82) is 0 Å². The monoisotopic (exact) mass is 340 g/mol. The van der Waals surface area contributed by atoms with Crippen LogP contribution >= 0.6 is 23.1 Å². The molecule has 0 fully saturated rings. The van der Waals surface area contributed by atoms with E-state index in [0.717, 1.165) is 26.6 Å². The summed E-state index contributed by atoms with van der Waals surface area (Å²) in [5.41, 5.74) is 0.951. The Morgan fingerprint density at radius 1 is 1.09 bits per heavy atom. The fourth-order valence-electron chi connectivity index (χ4n) is 2.22. The zero-order valence-electron chi connectivity index (χ0n) is 12.3. The summed E-state index contributed by atoms with van der Waals surface area (Å²) in [5, 5.41) is 8.00. The molecule has 0 radical (unpaired) electrons. The van der Waals surface area contributed by atoms with Crippen LogP contribution in [0.15, 0.2) is 51.3 Å². The number of fused-ring (bicyclic) bond motifs is 1. The van der Waals surface area contributed by atoms with Gasteiger partial charge in [-0.3, -0.25) is 0 Å². The Bertz CT molecular complexity index is 950.